The summed E-state index contributed by atoms with van der Waals surface area (Å²) in [6, 6.07) is 4.99. The number of aryl methyl sites for hydroxylation is 1. The summed E-state index contributed by atoms with van der Waals surface area (Å²) >= 11 is 6.11. The molecule has 1 N–H and O–H groups in total. The normalized spacial score (nSPS) is 12.6. The predicted octanol–water partition coefficient (Wildman–Crippen LogP) is 0.454. The maximum atomic E-state index is 12.5. The molecule has 0 atom stereocenters. The Morgan fingerprint density at radius 2 is 1.96 bits per heavy atom. The molecule has 1 amide bonds. The molecule has 1 aliphatic rings. The first-order valence-corrected chi connectivity index (χ1v) is 8.26. The van der Waals surface area contributed by atoms with Crippen LogP contribution in [0.1, 0.15) is 0 Å². The van der Waals surface area contributed by atoms with E-state index in [4.69, 9.17) is 21.1 Å². The number of imidazole rings is 1. The molecule has 0 saturated heterocycles. The molecule has 1 aromatic carbocycles. The number of hydrogen-bond acceptors (Lipinski definition) is 6. The van der Waals surface area contributed by atoms with E-state index in [2.05, 4.69) is 10.3 Å². The topological polar surface area (TPSA) is 109 Å². The Morgan fingerprint density at radius 1 is 1.22 bits per heavy atom. The molecule has 0 saturated carbocycles. The van der Waals surface area contributed by atoms with Gasteiger partial charge >= 0.3 is 5.69 Å². The number of aromatic nitrogens is 4. The number of fused-ring (bicyclic) bond motifs is 2. The fourth-order valence-electron chi connectivity index (χ4n) is 2.88. The Hall–Kier alpha value is -3.27. The first-order chi connectivity index (χ1) is 12.9. The summed E-state index contributed by atoms with van der Waals surface area (Å²) in [6.45, 7) is -0.122. The fourth-order valence-corrected chi connectivity index (χ4v) is 3.11. The lowest BCUT2D eigenvalue weighted by Gasteiger charge is -2.09. The Bertz CT molecular complexity index is 1210. The van der Waals surface area contributed by atoms with Gasteiger partial charge < -0.3 is 14.8 Å². The lowest BCUT2D eigenvalue weighted by atomic mass is 10.3. The van der Waals surface area contributed by atoms with Crippen molar-refractivity contribution in [2.75, 3.05) is 12.1 Å². The highest BCUT2D eigenvalue weighted by atomic mass is 35.5. The molecule has 0 aliphatic carbocycles. The molecule has 0 bridgehead atoms. The van der Waals surface area contributed by atoms with Crippen LogP contribution in [-0.2, 0) is 25.4 Å². The van der Waals surface area contributed by atoms with Crippen LogP contribution >= 0.6 is 11.6 Å². The van der Waals surface area contributed by atoms with Gasteiger partial charge in [-0.3, -0.25) is 23.3 Å². The largest absolute Gasteiger partial charge is 0.454 e. The lowest BCUT2D eigenvalue weighted by molar-refractivity contribution is -0.116. The number of rotatable bonds is 3. The number of nitrogens with one attached hydrogen (secondary N) is 1. The zero-order valence-corrected chi connectivity index (χ0v) is 15.1. The third kappa shape index (κ3) is 2.74. The second kappa shape index (κ2) is 6.16. The average molecular weight is 392 g/mol. The van der Waals surface area contributed by atoms with Crippen LogP contribution in [0.15, 0.2) is 27.8 Å². The fraction of sp³-hybridized carbons (Fsp3) is 0.250. The summed E-state index contributed by atoms with van der Waals surface area (Å²) in [7, 11) is 2.83. The molecule has 4 rings (SSSR count). The van der Waals surface area contributed by atoms with Gasteiger partial charge in [-0.05, 0) is 23.7 Å². The summed E-state index contributed by atoms with van der Waals surface area (Å²) < 4.78 is 13.9. The van der Waals surface area contributed by atoms with E-state index in [0.29, 0.717) is 17.2 Å². The van der Waals surface area contributed by atoms with Gasteiger partial charge in [0.15, 0.2) is 22.7 Å². The van der Waals surface area contributed by atoms with E-state index >= 15 is 0 Å². The molecule has 0 unspecified atom stereocenters. The zero-order chi connectivity index (χ0) is 19.3. The van der Waals surface area contributed by atoms with Crippen LogP contribution in [0.4, 0.5) is 5.69 Å². The van der Waals surface area contributed by atoms with Crippen molar-refractivity contribution in [1.29, 1.82) is 0 Å². The van der Waals surface area contributed by atoms with E-state index in [9.17, 15) is 14.4 Å². The van der Waals surface area contributed by atoms with Crippen LogP contribution < -0.4 is 26.0 Å². The molecule has 140 valence electrons. The van der Waals surface area contributed by atoms with Crippen molar-refractivity contribution < 1.29 is 14.3 Å². The number of amides is 1. The number of ether oxygens (including phenoxy) is 2. The molecule has 1 aliphatic heterocycles. The minimum Gasteiger partial charge on any atom is -0.454 e. The van der Waals surface area contributed by atoms with Gasteiger partial charge in [0.05, 0.1) is 0 Å². The molecule has 0 fully saturated rings. The Kier molecular flexibility index (Phi) is 3.92. The smallest absolute Gasteiger partial charge is 0.332 e. The van der Waals surface area contributed by atoms with Crippen LogP contribution in [0.2, 0.25) is 5.28 Å². The minimum atomic E-state index is -0.580. The Labute approximate surface area is 156 Å². The number of halogens is 1. The van der Waals surface area contributed by atoms with E-state index in [1.54, 1.807) is 18.2 Å². The minimum absolute atomic E-state index is 0.0656. The second-order valence-corrected chi connectivity index (χ2v) is 6.30. The number of hydrogen-bond donors (Lipinski definition) is 1. The van der Waals surface area contributed by atoms with Crippen molar-refractivity contribution in [1.82, 2.24) is 18.7 Å². The van der Waals surface area contributed by atoms with Crippen molar-refractivity contribution in [3.63, 3.8) is 0 Å². The summed E-state index contributed by atoms with van der Waals surface area (Å²) in [5, 5.41) is 2.64. The van der Waals surface area contributed by atoms with Crippen LogP contribution in [0, 0.1) is 0 Å². The van der Waals surface area contributed by atoms with Gasteiger partial charge in [-0.1, -0.05) is 0 Å². The standard InChI is InChI=1S/C16H14ClN5O5/c1-20-13-12(14(24)21(2)16(20)25)22(15(17)19-13)6-11(23)18-8-3-4-9-10(5-8)27-7-26-9/h3-5H,6-7H2,1-2H3,(H,18,23). The summed E-state index contributed by atoms with van der Waals surface area (Å²) in [6.07, 6.45) is 0. The van der Waals surface area contributed by atoms with Crippen molar-refractivity contribution >= 4 is 34.4 Å². The highest BCUT2D eigenvalue weighted by Gasteiger charge is 2.20. The van der Waals surface area contributed by atoms with Crippen LogP contribution in [0.25, 0.3) is 11.2 Å². The van der Waals surface area contributed by atoms with Gasteiger partial charge in [0.25, 0.3) is 5.56 Å². The molecule has 3 aromatic rings. The molecule has 3 heterocycles. The van der Waals surface area contributed by atoms with Gasteiger partial charge in [0, 0.05) is 25.8 Å². The number of benzene rings is 1. The van der Waals surface area contributed by atoms with Crippen LogP contribution in [0.5, 0.6) is 11.5 Å². The number of carbonyl (C=O) groups excluding carboxylic acids is 1. The number of carbonyl (C=O) groups is 1. The molecular weight excluding hydrogens is 378 g/mol. The molecule has 27 heavy (non-hydrogen) atoms. The zero-order valence-electron chi connectivity index (χ0n) is 14.4. The van der Waals surface area contributed by atoms with Crippen molar-refractivity contribution in [2.45, 2.75) is 6.54 Å². The van der Waals surface area contributed by atoms with Gasteiger partial charge in [-0.2, -0.15) is 4.98 Å². The Balaban J connectivity index is 1.67. The maximum Gasteiger partial charge on any atom is 0.332 e. The maximum absolute atomic E-state index is 12.5. The molecule has 2 aromatic heterocycles. The molecule has 10 nitrogen and oxygen atoms in total. The van der Waals surface area contributed by atoms with E-state index in [1.165, 1.54) is 23.2 Å². The monoisotopic (exact) mass is 391 g/mol. The van der Waals surface area contributed by atoms with Gasteiger partial charge in [-0.25, -0.2) is 4.79 Å². The summed E-state index contributed by atoms with van der Waals surface area (Å²) in [5.41, 5.74) is -0.415. The Morgan fingerprint density at radius 3 is 2.74 bits per heavy atom. The first-order valence-electron chi connectivity index (χ1n) is 7.88. The molecule has 0 spiro atoms. The number of anilines is 1. The summed E-state index contributed by atoms with van der Waals surface area (Å²) in [5.74, 6) is 0.704. The highest BCUT2D eigenvalue weighted by molar-refractivity contribution is 6.29. The lowest BCUT2D eigenvalue weighted by Crippen LogP contribution is -2.37. The van der Waals surface area contributed by atoms with Crippen molar-refractivity contribution in [3.05, 3.63) is 44.3 Å². The van der Waals surface area contributed by atoms with E-state index in [-0.39, 0.29) is 29.8 Å². The molecule has 0 radical (unpaired) electrons. The number of nitrogens with zero attached hydrogens (tertiary/aromatic N) is 4. The first kappa shape index (κ1) is 17.2. The third-order valence-electron chi connectivity index (χ3n) is 4.26. The molecule has 11 heteroatoms. The second-order valence-electron chi connectivity index (χ2n) is 5.96. The SMILES string of the molecule is Cn1c(=O)c2c(nc(Cl)n2CC(=O)Nc2ccc3c(c2)OCO3)n(C)c1=O. The van der Waals surface area contributed by atoms with Gasteiger partial charge in [0.1, 0.15) is 6.54 Å². The van der Waals surface area contributed by atoms with Crippen LogP contribution in [0.3, 0.4) is 0 Å². The van der Waals surface area contributed by atoms with E-state index in [0.717, 1.165) is 4.57 Å². The average Bonchev–Trinajstić information content (AvgIpc) is 3.22. The van der Waals surface area contributed by atoms with Gasteiger partial charge in [0.2, 0.25) is 18.0 Å². The highest BCUT2D eigenvalue weighted by Crippen LogP contribution is 2.34. The van der Waals surface area contributed by atoms with E-state index in [1.807, 2.05) is 0 Å². The summed E-state index contributed by atoms with van der Waals surface area (Å²) in [4.78, 5) is 41.0. The van der Waals surface area contributed by atoms with Crippen molar-refractivity contribution in [2.24, 2.45) is 14.1 Å². The third-order valence-corrected chi connectivity index (χ3v) is 4.55. The quantitative estimate of drug-likeness (QED) is 0.649. The molecular formula is C16H14ClN5O5. The van der Waals surface area contributed by atoms with Crippen molar-refractivity contribution in [3.8, 4) is 11.5 Å². The van der Waals surface area contributed by atoms with Crippen LogP contribution in [-0.4, -0.2) is 31.4 Å². The predicted molar refractivity (Wildman–Crippen MR) is 96.4 cm³/mol. The van der Waals surface area contributed by atoms with Gasteiger partial charge in [-0.15, -0.1) is 0 Å². The van der Waals surface area contributed by atoms with E-state index < -0.39 is 17.2 Å².